The zero-order valence-electron chi connectivity index (χ0n) is 10.9. The summed E-state index contributed by atoms with van der Waals surface area (Å²) in [6.07, 6.45) is 5.88. The predicted octanol–water partition coefficient (Wildman–Crippen LogP) is 2.53. The quantitative estimate of drug-likeness (QED) is 0.866. The van der Waals surface area contributed by atoms with E-state index in [1.54, 1.807) is 0 Å². The molecule has 94 valence electrons. The lowest BCUT2D eigenvalue weighted by Crippen LogP contribution is -2.30. The van der Waals surface area contributed by atoms with Gasteiger partial charge in [0.25, 0.3) is 0 Å². The molecule has 0 spiro atoms. The van der Waals surface area contributed by atoms with Crippen LogP contribution in [0, 0.1) is 12.8 Å². The average Bonchev–Trinajstić information content (AvgIpc) is 2.34. The van der Waals surface area contributed by atoms with E-state index in [0.29, 0.717) is 0 Å². The van der Waals surface area contributed by atoms with Gasteiger partial charge in [0.05, 0.1) is 0 Å². The van der Waals surface area contributed by atoms with Crippen molar-refractivity contribution < 1.29 is 0 Å². The van der Waals surface area contributed by atoms with Crippen LogP contribution >= 0.6 is 0 Å². The number of nitrogens with zero attached hydrogens (tertiary/aromatic N) is 2. The Bertz CT molecular complexity index is 326. The third-order valence-corrected chi connectivity index (χ3v) is 3.61. The van der Waals surface area contributed by atoms with E-state index in [1.165, 1.54) is 37.9 Å². The fraction of sp³-hybridized carbons (Fsp3) is 0.643. The number of hydrogen-bond acceptors (Lipinski definition) is 3. The Kier molecular flexibility index (Phi) is 4.37. The molecule has 1 aromatic heterocycles. The molecule has 0 atom stereocenters. The van der Waals surface area contributed by atoms with Crippen LogP contribution in [0.1, 0.15) is 24.8 Å². The molecule has 3 nitrogen and oxygen atoms in total. The number of aromatic nitrogens is 1. The minimum atomic E-state index is 0.893. The highest BCUT2D eigenvalue weighted by atomic mass is 15.1. The van der Waals surface area contributed by atoms with Crippen molar-refractivity contribution in [3.05, 3.63) is 23.9 Å². The Balaban J connectivity index is 1.67. The summed E-state index contributed by atoms with van der Waals surface area (Å²) in [6, 6.07) is 4.16. The molecule has 0 aliphatic carbocycles. The van der Waals surface area contributed by atoms with E-state index in [9.17, 15) is 0 Å². The van der Waals surface area contributed by atoms with Gasteiger partial charge in [0.15, 0.2) is 0 Å². The van der Waals surface area contributed by atoms with Gasteiger partial charge in [0.1, 0.15) is 5.82 Å². The van der Waals surface area contributed by atoms with E-state index >= 15 is 0 Å². The number of nitrogens with one attached hydrogen (secondary N) is 1. The van der Waals surface area contributed by atoms with Crippen molar-refractivity contribution in [1.29, 1.82) is 0 Å². The van der Waals surface area contributed by atoms with E-state index in [1.807, 2.05) is 6.20 Å². The van der Waals surface area contributed by atoms with Crippen LogP contribution in [0.2, 0.25) is 0 Å². The van der Waals surface area contributed by atoms with Crippen LogP contribution in [0.3, 0.4) is 0 Å². The Morgan fingerprint density at radius 2 is 2.12 bits per heavy atom. The molecule has 1 fully saturated rings. The number of anilines is 1. The van der Waals surface area contributed by atoms with Gasteiger partial charge >= 0.3 is 0 Å². The summed E-state index contributed by atoms with van der Waals surface area (Å²) < 4.78 is 0. The molecule has 1 aliphatic rings. The zero-order valence-corrected chi connectivity index (χ0v) is 10.9. The molecule has 0 aromatic carbocycles. The van der Waals surface area contributed by atoms with Crippen molar-refractivity contribution in [2.24, 2.45) is 5.92 Å². The molecule has 17 heavy (non-hydrogen) atoms. The minimum Gasteiger partial charge on any atom is -0.370 e. The van der Waals surface area contributed by atoms with Crippen LogP contribution in [0.4, 0.5) is 5.82 Å². The molecule has 1 N–H and O–H groups in total. The van der Waals surface area contributed by atoms with E-state index in [-0.39, 0.29) is 0 Å². The van der Waals surface area contributed by atoms with Crippen molar-refractivity contribution in [3.63, 3.8) is 0 Å². The molecule has 1 saturated heterocycles. The third kappa shape index (κ3) is 4.00. The molecule has 0 saturated carbocycles. The molecule has 0 radical (unpaired) electrons. The second-order valence-electron chi connectivity index (χ2n) is 5.18. The number of pyridine rings is 1. The second kappa shape index (κ2) is 6.01. The SMILES string of the molecule is Cc1ccc(NCCC2CCN(C)CC2)nc1. The standard InChI is InChI=1S/C14H23N3/c1-12-3-4-14(16-11-12)15-8-5-13-6-9-17(2)10-7-13/h3-4,11,13H,5-10H2,1-2H3,(H,15,16). The molecule has 1 aliphatic heterocycles. The predicted molar refractivity (Wildman–Crippen MR) is 72.3 cm³/mol. The van der Waals surface area contributed by atoms with Crippen molar-refractivity contribution in [3.8, 4) is 0 Å². The number of rotatable bonds is 4. The van der Waals surface area contributed by atoms with Gasteiger partial charge in [-0.15, -0.1) is 0 Å². The first-order chi connectivity index (χ1) is 8.24. The van der Waals surface area contributed by atoms with Gasteiger partial charge in [-0.3, -0.25) is 0 Å². The summed E-state index contributed by atoms with van der Waals surface area (Å²) >= 11 is 0. The first-order valence-electron chi connectivity index (χ1n) is 6.59. The molecule has 0 bridgehead atoms. The Labute approximate surface area is 104 Å². The van der Waals surface area contributed by atoms with Gasteiger partial charge < -0.3 is 10.2 Å². The average molecular weight is 233 g/mol. The maximum Gasteiger partial charge on any atom is 0.125 e. The maximum absolute atomic E-state index is 4.35. The summed E-state index contributed by atoms with van der Waals surface area (Å²) in [5.41, 5.74) is 1.21. The summed E-state index contributed by atoms with van der Waals surface area (Å²) in [6.45, 7) is 5.63. The van der Waals surface area contributed by atoms with Crippen molar-refractivity contribution in [1.82, 2.24) is 9.88 Å². The topological polar surface area (TPSA) is 28.2 Å². The third-order valence-electron chi connectivity index (χ3n) is 3.61. The van der Waals surface area contributed by atoms with E-state index < -0.39 is 0 Å². The summed E-state index contributed by atoms with van der Waals surface area (Å²) in [4.78, 5) is 6.78. The van der Waals surface area contributed by atoms with Crippen LogP contribution < -0.4 is 5.32 Å². The van der Waals surface area contributed by atoms with Crippen LogP contribution in [-0.4, -0.2) is 36.6 Å². The summed E-state index contributed by atoms with van der Waals surface area (Å²) in [5, 5.41) is 3.41. The number of piperidine rings is 1. The molecule has 3 heteroatoms. The lowest BCUT2D eigenvalue weighted by Gasteiger charge is -2.28. The smallest absolute Gasteiger partial charge is 0.125 e. The zero-order chi connectivity index (χ0) is 12.1. The molecule has 0 unspecified atom stereocenters. The van der Waals surface area contributed by atoms with Crippen molar-refractivity contribution in [2.45, 2.75) is 26.2 Å². The van der Waals surface area contributed by atoms with Crippen molar-refractivity contribution >= 4 is 5.82 Å². The van der Waals surface area contributed by atoms with Gasteiger partial charge in [-0.05, 0) is 63.9 Å². The lowest BCUT2D eigenvalue weighted by molar-refractivity contribution is 0.215. The molecule has 2 heterocycles. The lowest BCUT2D eigenvalue weighted by atomic mass is 9.94. The normalized spacial score (nSPS) is 18.2. The van der Waals surface area contributed by atoms with Crippen LogP contribution in [-0.2, 0) is 0 Å². The number of aryl methyl sites for hydroxylation is 1. The van der Waals surface area contributed by atoms with Crippen molar-refractivity contribution in [2.75, 3.05) is 32.0 Å². The summed E-state index contributed by atoms with van der Waals surface area (Å²) in [7, 11) is 2.21. The fourth-order valence-corrected chi connectivity index (χ4v) is 2.33. The Hall–Kier alpha value is -1.09. The van der Waals surface area contributed by atoms with E-state index in [0.717, 1.165) is 18.3 Å². The van der Waals surface area contributed by atoms with Crippen LogP contribution in [0.5, 0.6) is 0 Å². The van der Waals surface area contributed by atoms with Gasteiger partial charge in [-0.2, -0.15) is 0 Å². The van der Waals surface area contributed by atoms with Gasteiger partial charge in [-0.25, -0.2) is 4.98 Å². The maximum atomic E-state index is 4.35. The van der Waals surface area contributed by atoms with Crippen LogP contribution in [0.15, 0.2) is 18.3 Å². The molecular weight excluding hydrogens is 210 g/mol. The molecule has 0 amide bonds. The fourth-order valence-electron chi connectivity index (χ4n) is 2.33. The van der Waals surface area contributed by atoms with E-state index in [2.05, 4.69) is 41.3 Å². The van der Waals surface area contributed by atoms with Crippen LogP contribution in [0.25, 0.3) is 0 Å². The Morgan fingerprint density at radius 3 is 2.76 bits per heavy atom. The highest BCUT2D eigenvalue weighted by Crippen LogP contribution is 2.19. The van der Waals surface area contributed by atoms with Gasteiger partial charge in [0.2, 0.25) is 0 Å². The molecule has 1 aromatic rings. The van der Waals surface area contributed by atoms with Gasteiger partial charge in [-0.1, -0.05) is 6.07 Å². The van der Waals surface area contributed by atoms with E-state index in [4.69, 9.17) is 0 Å². The largest absolute Gasteiger partial charge is 0.370 e. The highest BCUT2D eigenvalue weighted by molar-refractivity contribution is 5.34. The monoisotopic (exact) mass is 233 g/mol. The first kappa shape index (κ1) is 12.4. The Morgan fingerprint density at radius 1 is 1.35 bits per heavy atom. The highest BCUT2D eigenvalue weighted by Gasteiger charge is 2.15. The van der Waals surface area contributed by atoms with Gasteiger partial charge in [0, 0.05) is 12.7 Å². The number of hydrogen-bond donors (Lipinski definition) is 1. The summed E-state index contributed by atoms with van der Waals surface area (Å²) in [5.74, 6) is 1.90. The minimum absolute atomic E-state index is 0.893. The first-order valence-corrected chi connectivity index (χ1v) is 6.59. The number of likely N-dealkylation sites (tertiary alicyclic amines) is 1. The second-order valence-corrected chi connectivity index (χ2v) is 5.18. The molecular formula is C14H23N3. The molecule has 2 rings (SSSR count).